The molecule has 0 radical (unpaired) electrons. The molecule has 0 amide bonds. The van der Waals surface area contributed by atoms with Crippen LogP contribution in [0.5, 0.6) is 5.75 Å². The number of rotatable bonds is 6. The Hall–Kier alpha value is -3.03. The Kier molecular flexibility index (Phi) is 5.41. The van der Waals surface area contributed by atoms with E-state index in [0.717, 1.165) is 24.1 Å². The molecule has 0 atom stereocenters. The summed E-state index contributed by atoms with van der Waals surface area (Å²) in [6.07, 6.45) is -1.35. The van der Waals surface area contributed by atoms with Gasteiger partial charge in [-0.2, -0.15) is 8.78 Å². The van der Waals surface area contributed by atoms with Gasteiger partial charge < -0.3 is 4.74 Å². The van der Waals surface area contributed by atoms with Crippen LogP contribution in [0.25, 0.3) is 11.1 Å². The summed E-state index contributed by atoms with van der Waals surface area (Å²) in [4.78, 5) is 0. The third-order valence-electron chi connectivity index (χ3n) is 5.05. The molecule has 3 aromatic carbocycles. The first-order valence-corrected chi connectivity index (χ1v) is 9.44. The number of ether oxygens (including phenoxy) is 1. The molecule has 0 N–H and O–H groups in total. The molecule has 3 aromatic rings. The summed E-state index contributed by atoms with van der Waals surface area (Å²) >= 11 is 0. The van der Waals surface area contributed by atoms with E-state index in [9.17, 15) is 30.7 Å². The maximum atomic E-state index is 14.5. The van der Waals surface area contributed by atoms with Crippen molar-refractivity contribution in [2.24, 2.45) is 5.92 Å². The summed E-state index contributed by atoms with van der Waals surface area (Å²) in [5.74, 6) is -9.14. The van der Waals surface area contributed by atoms with Crippen molar-refractivity contribution in [1.29, 1.82) is 0 Å². The van der Waals surface area contributed by atoms with E-state index >= 15 is 0 Å². The second kappa shape index (κ2) is 7.90. The number of halogens is 7. The van der Waals surface area contributed by atoms with Gasteiger partial charge >= 0.3 is 6.11 Å². The maximum absolute atomic E-state index is 14.5. The SMILES string of the molecule is Fc1cc(OC(F)(F)c2c(F)cc(-c3ccc(CC4CC4)cc3)cc2F)cc(F)c1F. The second-order valence-electron chi connectivity index (χ2n) is 7.48. The Morgan fingerprint density at radius 3 is 1.81 bits per heavy atom. The molecule has 4 rings (SSSR count). The lowest BCUT2D eigenvalue weighted by Crippen LogP contribution is -2.25. The van der Waals surface area contributed by atoms with Crippen molar-refractivity contribution < 1.29 is 35.5 Å². The van der Waals surface area contributed by atoms with E-state index in [2.05, 4.69) is 4.74 Å². The molecule has 0 unspecified atom stereocenters. The van der Waals surface area contributed by atoms with Crippen LogP contribution < -0.4 is 4.74 Å². The van der Waals surface area contributed by atoms with E-state index in [1.54, 1.807) is 12.1 Å². The summed E-state index contributed by atoms with van der Waals surface area (Å²) in [6, 6.07) is 8.66. The molecule has 1 saturated carbocycles. The van der Waals surface area contributed by atoms with Crippen molar-refractivity contribution in [2.45, 2.75) is 25.4 Å². The van der Waals surface area contributed by atoms with Crippen molar-refractivity contribution in [3.8, 4) is 16.9 Å². The van der Waals surface area contributed by atoms with Gasteiger partial charge in [0.2, 0.25) is 0 Å². The molecule has 0 heterocycles. The summed E-state index contributed by atoms with van der Waals surface area (Å²) in [7, 11) is 0. The van der Waals surface area contributed by atoms with Gasteiger partial charge in [-0.25, -0.2) is 22.0 Å². The average Bonchev–Trinajstić information content (AvgIpc) is 3.49. The van der Waals surface area contributed by atoms with Gasteiger partial charge in [-0.1, -0.05) is 24.3 Å². The minimum Gasteiger partial charge on any atom is -0.429 e. The van der Waals surface area contributed by atoms with E-state index < -0.39 is 46.5 Å². The van der Waals surface area contributed by atoms with E-state index in [4.69, 9.17) is 0 Å². The minimum atomic E-state index is -4.61. The maximum Gasteiger partial charge on any atom is 0.432 e. The van der Waals surface area contributed by atoms with E-state index in [1.165, 1.54) is 12.8 Å². The predicted molar refractivity (Wildman–Crippen MR) is 99.1 cm³/mol. The van der Waals surface area contributed by atoms with Crippen LogP contribution in [0, 0.1) is 35.0 Å². The summed E-state index contributed by atoms with van der Waals surface area (Å²) in [6.45, 7) is 0. The van der Waals surface area contributed by atoms with E-state index in [1.807, 2.05) is 12.1 Å². The van der Waals surface area contributed by atoms with Crippen molar-refractivity contribution in [3.63, 3.8) is 0 Å². The second-order valence-corrected chi connectivity index (χ2v) is 7.48. The molecule has 162 valence electrons. The molecule has 0 aliphatic heterocycles. The highest BCUT2D eigenvalue weighted by molar-refractivity contribution is 5.64. The largest absolute Gasteiger partial charge is 0.432 e. The minimum absolute atomic E-state index is 0.0337. The van der Waals surface area contributed by atoms with Gasteiger partial charge in [-0.15, -0.1) is 0 Å². The summed E-state index contributed by atoms with van der Waals surface area (Å²) in [5, 5.41) is 0. The van der Waals surface area contributed by atoms with Gasteiger partial charge in [-0.05, 0) is 54.0 Å². The van der Waals surface area contributed by atoms with Gasteiger partial charge in [0.15, 0.2) is 17.5 Å². The fourth-order valence-corrected chi connectivity index (χ4v) is 3.30. The van der Waals surface area contributed by atoms with Gasteiger partial charge in [0.05, 0.1) is 0 Å². The van der Waals surface area contributed by atoms with Gasteiger partial charge in [0.25, 0.3) is 0 Å². The highest BCUT2D eigenvalue weighted by Crippen LogP contribution is 2.38. The van der Waals surface area contributed by atoms with Crippen molar-refractivity contribution in [1.82, 2.24) is 0 Å². The fraction of sp³-hybridized carbons (Fsp3) is 0.217. The Morgan fingerprint density at radius 2 is 1.29 bits per heavy atom. The number of benzene rings is 3. The molecule has 1 fully saturated rings. The van der Waals surface area contributed by atoms with Crippen LogP contribution >= 0.6 is 0 Å². The molecule has 1 nitrogen and oxygen atoms in total. The zero-order valence-electron chi connectivity index (χ0n) is 15.9. The molecule has 31 heavy (non-hydrogen) atoms. The molecular formula is C23H15F7O. The third-order valence-corrected chi connectivity index (χ3v) is 5.05. The van der Waals surface area contributed by atoms with Crippen LogP contribution in [-0.4, -0.2) is 0 Å². The van der Waals surface area contributed by atoms with Crippen LogP contribution in [0.15, 0.2) is 48.5 Å². The lowest BCUT2D eigenvalue weighted by molar-refractivity contribution is -0.189. The molecule has 0 spiro atoms. The molecule has 0 aromatic heterocycles. The molecule has 8 heteroatoms. The standard InChI is InChI=1S/C23H15F7O/c24-17-8-15(14-5-3-13(4-6-14)7-12-1-2-12)9-18(25)21(17)23(29,30)31-16-10-19(26)22(28)20(27)11-16/h3-6,8-12H,1-2,7H2. The molecule has 1 aliphatic rings. The number of alkyl halides is 2. The van der Waals surface area contributed by atoms with Crippen molar-refractivity contribution >= 4 is 0 Å². The smallest absolute Gasteiger partial charge is 0.429 e. The summed E-state index contributed by atoms with van der Waals surface area (Å²) < 4.78 is 101. The Bertz CT molecular complexity index is 1080. The van der Waals surface area contributed by atoms with Crippen LogP contribution in [-0.2, 0) is 12.5 Å². The first-order valence-electron chi connectivity index (χ1n) is 9.44. The zero-order chi connectivity index (χ0) is 22.3. The Balaban J connectivity index is 1.61. The lowest BCUT2D eigenvalue weighted by atomic mass is 9.99. The molecule has 1 aliphatic carbocycles. The highest BCUT2D eigenvalue weighted by Gasteiger charge is 2.41. The number of hydrogen-bond donors (Lipinski definition) is 0. The van der Waals surface area contributed by atoms with Crippen LogP contribution in [0.2, 0.25) is 0 Å². The van der Waals surface area contributed by atoms with Gasteiger partial charge in [0, 0.05) is 12.1 Å². The van der Waals surface area contributed by atoms with Gasteiger partial charge in [-0.3, -0.25) is 0 Å². The molecule has 0 bridgehead atoms. The quantitative estimate of drug-likeness (QED) is 0.293. The van der Waals surface area contributed by atoms with Crippen LogP contribution in [0.4, 0.5) is 30.7 Å². The molecular weight excluding hydrogens is 425 g/mol. The van der Waals surface area contributed by atoms with Crippen molar-refractivity contribution in [3.05, 3.63) is 88.7 Å². The monoisotopic (exact) mass is 440 g/mol. The normalized spacial score (nSPS) is 14.0. The molecule has 0 saturated heterocycles. The topological polar surface area (TPSA) is 9.23 Å². The lowest BCUT2D eigenvalue weighted by Gasteiger charge is -2.20. The Morgan fingerprint density at radius 1 is 0.742 bits per heavy atom. The fourth-order valence-electron chi connectivity index (χ4n) is 3.30. The van der Waals surface area contributed by atoms with Crippen molar-refractivity contribution in [2.75, 3.05) is 0 Å². The van der Waals surface area contributed by atoms with E-state index in [0.29, 0.717) is 11.5 Å². The van der Waals surface area contributed by atoms with E-state index in [-0.39, 0.29) is 17.7 Å². The van der Waals surface area contributed by atoms with Crippen LogP contribution in [0.1, 0.15) is 24.0 Å². The summed E-state index contributed by atoms with van der Waals surface area (Å²) in [5.41, 5.74) is -0.198. The first-order chi connectivity index (χ1) is 14.6. The highest BCUT2D eigenvalue weighted by atomic mass is 19.3. The van der Waals surface area contributed by atoms with Crippen LogP contribution in [0.3, 0.4) is 0 Å². The van der Waals surface area contributed by atoms with Gasteiger partial charge in [0.1, 0.15) is 22.9 Å². The zero-order valence-corrected chi connectivity index (χ0v) is 15.9. The predicted octanol–water partition coefficient (Wildman–Crippen LogP) is 7.13. The third kappa shape index (κ3) is 4.52. The first kappa shape index (κ1) is 21.2. The Labute approximate surface area is 173 Å². The average molecular weight is 440 g/mol. The number of hydrogen-bond acceptors (Lipinski definition) is 1.